The van der Waals surface area contributed by atoms with Gasteiger partial charge in [0.1, 0.15) is 0 Å². The quantitative estimate of drug-likeness (QED) is 0.562. The van der Waals surface area contributed by atoms with Gasteiger partial charge in [0.25, 0.3) is 0 Å². The van der Waals surface area contributed by atoms with Gasteiger partial charge < -0.3 is 13.1 Å². The molecule has 0 amide bonds. The molecule has 0 aromatic heterocycles. The van der Waals surface area contributed by atoms with Crippen LogP contribution in [0.2, 0.25) is 0 Å². The molecule has 0 aliphatic heterocycles. The summed E-state index contributed by atoms with van der Waals surface area (Å²) in [6, 6.07) is 0. The Balaban J connectivity index is -0.0000000600. The van der Waals surface area contributed by atoms with Gasteiger partial charge in [0.2, 0.25) is 0 Å². The summed E-state index contributed by atoms with van der Waals surface area (Å²) in [7, 11) is 0. The van der Waals surface area contributed by atoms with Crippen molar-refractivity contribution >= 4 is 51.5 Å². The number of aliphatic carboxylic acids is 1. The summed E-state index contributed by atoms with van der Waals surface area (Å²) >= 11 is 0. The van der Waals surface area contributed by atoms with Crippen LogP contribution in [0, 0.1) is 0 Å². The van der Waals surface area contributed by atoms with Crippen molar-refractivity contribution < 1.29 is 17.9 Å². The van der Waals surface area contributed by atoms with E-state index in [9.17, 15) is 4.79 Å². The first-order valence-corrected chi connectivity index (χ1v) is 1.90. The van der Waals surface area contributed by atoms with Crippen LogP contribution in [0.4, 0.5) is 0 Å². The smallest absolute Gasteiger partial charge is 1.00 e. The molecule has 3 nitrogen and oxygen atoms in total. The number of hydrogen-bond donors (Lipinski definition) is 2. The number of carboxylic acid groups (broad SMARTS) is 1. The molecule has 4 heteroatoms. The Hall–Kier alpha value is 0.911. The van der Waals surface area contributed by atoms with E-state index in [0.717, 1.165) is 0 Å². The van der Waals surface area contributed by atoms with Crippen LogP contribution in [0.1, 0.15) is 16.7 Å². The molecule has 46 valence electrons. The van der Waals surface area contributed by atoms with E-state index in [1.807, 2.05) is 0 Å². The van der Waals surface area contributed by atoms with Gasteiger partial charge in [-0.25, -0.2) is 4.79 Å². The fourth-order valence-electron chi connectivity index (χ4n) is 0. The molecular weight excluding hydrogens is 184 g/mol. The number of carbonyl (C=O) groups is 1. The van der Waals surface area contributed by atoms with Crippen molar-refractivity contribution in [3.63, 3.8) is 0 Å². The molecule has 0 aliphatic carbocycles. The molecule has 8 heavy (non-hydrogen) atoms. The predicted molar refractivity (Wildman–Crippen MR) is 31.9 cm³/mol. The van der Waals surface area contributed by atoms with E-state index in [2.05, 4.69) is 0 Å². The maximum absolute atomic E-state index is 9.77. The number of hydrogen-bond acceptors (Lipinski definition) is 2. The number of rotatable bonds is 1. The van der Waals surface area contributed by atoms with E-state index >= 15 is 0 Å². The fourth-order valence-corrected chi connectivity index (χ4v) is 0. The third kappa shape index (κ3) is 5.06. The zero-order chi connectivity index (χ0) is 6.08. The molecule has 2 N–H and O–H groups in total. The zero-order valence-corrected chi connectivity index (χ0v) is 8.49. The number of aliphatic hydroxyl groups is 1. The van der Waals surface area contributed by atoms with Crippen molar-refractivity contribution in [1.29, 1.82) is 0 Å². The largest absolute Gasteiger partial charge is 2.00 e. The molecule has 0 heterocycles. The second-order valence-electron chi connectivity index (χ2n) is 1.86. The first-order valence-electron chi connectivity index (χ1n) is 1.90. The minimum atomic E-state index is -1.58. The molecule has 0 bridgehead atoms. The van der Waals surface area contributed by atoms with E-state index in [-0.39, 0.29) is 48.3 Å². The zero-order valence-electron chi connectivity index (χ0n) is 7.01. The summed E-state index contributed by atoms with van der Waals surface area (Å²) in [4.78, 5) is 9.77. The summed E-state index contributed by atoms with van der Waals surface area (Å²) < 4.78 is 0. The molecule has 0 fully saturated rings. The summed E-state index contributed by atoms with van der Waals surface area (Å²) in [6.07, 6.45) is 0. The molecule has 0 aromatic rings. The van der Waals surface area contributed by atoms with Gasteiger partial charge in [-0.2, -0.15) is 0 Å². The van der Waals surface area contributed by atoms with Crippen LogP contribution >= 0.6 is 0 Å². The molecule has 0 aromatic carbocycles. The van der Waals surface area contributed by atoms with Gasteiger partial charge in [-0.05, 0) is 13.8 Å². The molecule has 0 aliphatic rings. The van der Waals surface area contributed by atoms with E-state index in [1.165, 1.54) is 13.8 Å². The van der Waals surface area contributed by atoms with Crippen LogP contribution in [0.5, 0.6) is 0 Å². The van der Waals surface area contributed by atoms with Crippen molar-refractivity contribution in [2.45, 2.75) is 19.4 Å². The maximum atomic E-state index is 9.77. The Morgan fingerprint density at radius 3 is 1.75 bits per heavy atom. The Morgan fingerprint density at radius 2 is 1.75 bits per heavy atom. The van der Waals surface area contributed by atoms with Gasteiger partial charge in [0.15, 0.2) is 5.60 Å². The van der Waals surface area contributed by atoms with Gasteiger partial charge in [-0.1, -0.05) is 0 Å². The van der Waals surface area contributed by atoms with Crippen LogP contribution in [0.3, 0.4) is 0 Å². The predicted octanol–water partition coefficient (Wildman–Crippen LogP) is -0.314. The van der Waals surface area contributed by atoms with Crippen molar-refractivity contribution in [2.24, 2.45) is 0 Å². The van der Waals surface area contributed by atoms with Gasteiger partial charge in [-0.3, -0.25) is 0 Å². The standard InChI is InChI=1S/C4H8O3.Sr.2H/c1-4(2,7)3(5)6;;;/h7H,1-2H3,(H,5,6);;;/q;+2;2*-1. The first-order chi connectivity index (χ1) is 2.94. The Labute approximate surface area is 87.9 Å². The fraction of sp³-hybridized carbons (Fsp3) is 0.750. The maximum Gasteiger partial charge on any atom is 2.00 e. The van der Waals surface area contributed by atoms with E-state index in [1.54, 1.807) is 0 Å². The third-order valence-electron chi connectivity index (χ3n) is 0.523. The van der Waals surface area contributed by atoms with Crippen molar-refractivity contribution in [3.05, 3.63) is 0 Å². The van der Waals surface area contributed by atoms with Gasteiger partial charge in [-0.15, -0.1) is 0 Å². The van der Waals surface area contributed by atoms with Crippen molar-refractivity contribution in [3.8, 4) is 0 Å². The average Bonchev–Trinajstić information content (AvgIpc) is 1.31. The Kier molecular flexibility index (Phi) is 5.61. The topological polar surface area (TPSA) is 57.5 Å². The third-order valence-corrected chi connectivity index (χ3v) is 0.523. The number of carboxylic acids is 1. The molecule has 0 atom stereocenters. The second-order valence-corrected chi connectivity index (χ2v) is 1.86. The average molecular weight is 194 g/mol. The van der Waals surface area contributed by atoms with E-state index in [0.29, 0.717) is 0 Å². The van der Waals surface area contributed by atoms with Crippen molar-refractivity contribution in [1.82, 2.24) is 0 Å². The van der Waals surface area contributed by atoms with E-state index < -0.39 is 11.6 Å². The SMILES string of the molecule is CC(C)(O)C(=O)O.[H-].[H-].[Sr+2]. The molecule has 0 spiro atoms. The second kappa shape index (κ2) is 3.85. The summed E-state index contributed by atoms with van der Waals surface area (Å²) in [6.45, 7) is 2.44. The van der Waals surface area contributed by atoms with Gasteiger partial charge in [0, 0.05) is 0 Å². The molecular formula is C4H10O3Sr. The molecule has 0 rings (SSSR count). The van der Waals surface area contributed by atoms with Gasteiger partial charge >= 0.3 is 51.5 Å². The minimum absolute atomic E-state index is 0. The van der Waals surface area contributed by atoms with E-state index in [4.69, 9.17) is 10.2 Å². The summed E-state index contributed by atoms with van der Waals surface area (Å²) in [5.41, 5.74) is -1.58. The summed E-state index contributed by atoms with van der Waals surface area (Å²) in [5.74, 6) is -1.20. The normalized spacial score (nSPS) is 9.88. The van der Waals surface area contributed by atoms with Crippen LogP contribution < -0.4 is 0 Å². The van der Waals surface area contributed by atoms with Crippen molar-refractivity contribution in [2.75, 3.05) is 0 Å². The molecule has 0 saturated carbocycles. The Bertz CT molecular complexity index is 91.0. The van der Waals surface area contributed by atoms with Crippen LogP contribution in [-0.4, -0.2) is 67.3 Å². The van der Waals surface area contributed by atoms with Gasteiger partial charge in [0.05, 0.1) is 0 Å². The molecule has 0 unspecified atom stereocenters. The molecule has 0 saturated heterocycles. The minimum Gasteiger partial charge on any atom is -1.00 e. The molecule has 0 radical (unpaired) electrons. The first kappa shape index (κ1) is 11.7. The Morgan fingerprint density at radius 1 is 1.62 bits per heavy atom. The monoisotopic (exact) mass is 194 g/mol. The summed E-state index contributed by atoms with van der Waals surface area (Å²) in [5, 5.41) is 16.5. The van der Waals surface area contributed by atoms with Crippen LogP contribution in [0.25, 0.3) is 0 Å². The van der Waals surface area contributed by atoms with Crippen LogP contribution in [-0.2, 0) is 4.79 Å². The van der Waals surface area contributed by atoms with Crippen LogP contribution in [0.15, 0.2) is 0 Å².